The molecule has 4 bridgehead atoms. The summed E-state index contributed by atoms with van der Waals surface area (Å²) in [6, 6.07) is 14.2. The lowest BCUT2D eigenvalue weighted by Gasteiger charge is -2.19. The first kappa shape index (κ1) is 19.6. The molecule has 146 valence electrons. The maximum Gasteiger partial charge on any atom is 0.326 e. The molecule has 1 aliphatic rings. The summed E-state index contributed by atoms with van der Waals surface area (Å²) in [4.78, 5) is 36.0. The Hall–Kier alpha value is -3.15. The van der Waals surface area contributed by atoms with E-state index in [2.05, 4.69) is 16.7 Å². The molecule has 3 rings (SSSR count). The van der Waals surface area contributed by atoms with Gasteiger partial charge in [-0.1, -0.05) is 48.5 Å². The number of hydrogen-bond donors (Lipinski definition) is 3. The highest BCUT2D eigenvalue weighted by atomic mass is 16.4. The third-order valence-electron chi connectivity index (χ3n) is 4.94. The molecular formula is C22H24N2O4. The molecule has 2 aromatic rings. The van der Waals surface area contributed by atoms with Crippen molar-refractivity contribution >= 4 is 17.8 Å². The summed E-state index contributed by atoms with van der Waals surface area (Å²) in [7, 11) is 0. The highest BCUT2D eigenvalue weighted by Gasteiger charge is 2.24. The maximum absolute atomic E-state index is 12.3. The molecule has 28 heavy (non-hydrogen) atoms. The van der Waals surface area contributed by atoms with Crippen LogP contribution in [0.5, 0.6) is 0 Å². The number of aliphatic carboxylic acids is 1. The molecular weight excluding hydrogens is 356 g/mol. The maximum atomic E-state index is 12.3. The zero-order valence-corrected chi connectivity index (χ0v) is 15.8. The summed E-state index contributed by atoms with van der Waals surface area (Å²) in [5, 5.41) is 14.6. The summed E-state index contributed by atoms with van der Waals surface area (Å²) >= 11 is 0. The van der Waals surface area contributed by atoms with Gasteiger partial charge >= 0.3 is 5.97 Å². The van der Waals surface area contributed by atoms with Gasteiger partial charge in [-0.15, -0.1) is 0 Å². The van der Waals surface area contributed by atoms with Gasteiger partial charge in [0.1, 0.15) is 12.1 Å². The average Bonchev–Trinajstić information content (AvgIpc) is 2.69. The minimum atomic E-state index is -1.09. The third-order valence-corrected chi connectivity index (χ3v) is 4.94. The highest BCUT2D eigenvalue weighted by Crippen LogP contribution is 2.23. The van der Waals surface area contributed by atoms with Crippen molar-refractivity contribution in [1.29, 1.82) is 0 Å². The number of benzene rings is 2. The summed E-state index contributed by atoms with van der Waals surface area (Å²) in [5.41, 5.74) is 4.16. The SMILES string of the molecule is C[C@@H]1NC(=O)CCc2cccc(c2)-c2cccc(c2)CC[C@@H](C(=O)O)NC1=O. The van der Waals surface area contributed by atoms with Crippen molar-refractivity contribution in [1.82, 2.24) is 10.6 Å². The predicted molar refractivity (Wildman–Crippen MR) is 106 cm³/mol. The molecule has 2 atom stereocenters. The Balaban J connectivity index is 1.92. The van der Waals surface area contributed by atoms with Crippen molar-refractivity contribution in [2.45, 2.75) is 44.7 Å². The van der Waals surface area contributed by atoms with Crippen molar-refractivity contribution in [2.75, 3.05) is 0 Å². The summed E-state index contributed by atoms with van der Waals surface area (Å²) in [5.74, 6) is -1.82. The lowest BCUT2D eigenvalue weighted by atomic mass is 9.97. The molecule has 6 nitrogen and oxygen atoms in total. The minimum absolute atomic E-state index is 0.242. The van der Waals surface area contributed by atoms with Gasteiger partial charge in [0.15, 0.2) is 0 Å². The van der Waals surface area contributed by atoms with Gasteiger partial charge in [0.05, 0.1) is 0 Å². The molecule has 0 saturated carbocycles. The number of carbonyl (C=O) groups is 3. The summed E-state index contributed by atoms with van der Waals surface area (Å²) in [6.45, 7) is 1.55. The first-order chi connectivity index (χ1) is 13.4. The van der Waals surface area contributed by atoms with Crippen molar-refractivity contribution < 1.29 is 19.5 Å². The van der Waals surface area contributed by atoms with Gasteiger partial charge in [0, 0.05) is 6.42 Å². The number of rotatable bonds is 1. The largest absolute Gasteiger partial charge is 0.480 e. The van der Waals surface area contributed by atoms with Gasteiger partial charge in [0.2, 0.25) is 11.8 Å². The zero-order valence-electron chi connectivity index (χ0n) is 15.8. The Morgan fingerprint density at radius 2 is 1.54 bits per heavy atom. The van der Waals surface area contributed by atoms with Crippen molar-refractivity contribution in [3.05, 3.63) is 59.7 Å². The van der Waals surface area contributed by atoms with Gasteiger partial charge in [-0.3, -0.25) is 9.59 Å². The normalized spacial score (nSPS) is 20.8. The lowest BCUT2D eigenvalue weighted by Crippen LogP contribution is -2.50. The quantitative estimate of drug-likeness (QED) is 0.707. The first-order valence-electron chi connectivity index (χ1n) is 9.43. The number of carboxylic acids is 1. The van der Waals surface area contributed by atoms with Crippen molar-refractivity contribution in [3.63, 3.8) is 0 Å². The minimum Gasteiger partial charge on any atom is -0.480 e. The second-order valence-corrected chi connectivity index (χ2v) is 7.13. The zero-order chi connectivity index (χ0) is 20.1. The van der Waals surface area contributed by atoms with E-state index < -0.39 is 24.0 Å². The van der Waals surface area contributed by atoms with E-state index >= 15 is 0 Å². The van der Waals surface area contributed by atoms with Crippen molar-refractivity contribution in [2.24, 2.45) is 0 Å². The van der Waals surface area contributed by atoms with E-state index in [1.165, 1.54) is 0 Å². The van der Waals surface area contributed by atoms with Crippen LogP contribution in [0.4, 0.5) is 0 Å². The number of nitrogens with one attached hydrogen (secondary N) is 2. The van der Waals surface area contributed by atoms with Crippen LogP contribution in [0.25, 0.3) is 11.1 Å². The Morgan fingerprint density at radius 1 is 0.929 bits per heavy atom. The van der Waals surface area contributed by atoms with Gasteiger partial charge in [-0.05, 0) is 48.4 Å². The van der Waals surface area contributed by atoms with Crippen LogP contribution in [0.15, 0.2) is 48.5 Å². The van der Waals surface area contributed by atoms with Crippen LogP contribution in [0.2, 0.25) is 0 Å². The molecule has 2 aromatic carbocycles. The standard InChI is InChI=1S/C22H24N2O4/c1-14-21(26)24-19(22(27)28)10-8-15-4-2-6-17(12-15)18-7-3-5-16(13-18)9-11-20(25)23-14/h2-7,12-14,19H,8-11H2,1H3,(H,23,25)(H,24,26)(H,27,28)/t14-,19-/m0/s1. The predicted octanol–water partition coefficient (Wildman–Crippen LogP) is 2.31. The van der Waals surface area contributed by atoms with E-state index in [1.54, 1.807) is 6.92 Å². The van der Waals surface area contributed by atoms with E-state index in [0.717, 1.165) is 22.3 Å². The van der Waals surface area contributed by atoms with Crippen LogP contribution in [0.1, 0.15) is 30.9 Å². The number of aryl methyl sites for hydroxylation is 2. The van der Waals surface area contributed by atoms with Crippen molar-refractivity contribution in [3.8, 4) is 11.1 Å². The fourth-order valence-electron chi connectivity index (χ4n) is 3.31. The molecule has 0 spiro atoms. The topological polar surface area (TPSA) is 95.5 Å². The molecule has 0 radical (unpaired) electrons. The second-order valence-electron chi connectivity index (χ2n) is 7.13. The monoisotopic (exact) mass is 380 g/mol. The van der Waals surface area contributed by atoms with E-state index in [9.17, 15) is 19.5 Å². The lowest BCUT2D eigenvalue weighted by molar-refractivity contribution is -0.142. The highest BCUT2D eigenvalue weighted by molar-refractivity contribution is 5.90. The van der Waals surface area contributed by atoms with Gasteiger partial charge in [-0.25, -0.2) is 4.79 Å². The summed E-state index contributed by atoms with van der Waals surface area (Å²) < 4.78 is 0. The number of carboxylic acid groups (broad SMARTS) is 1. The molecule has 0 aliphatic carbocycles. The van der Waals surface area contributed by atoms with E-state index in [1.807, 2.05) is 42.5 Å². The first-order valence-corrected chi connectivity index (χ1v) is 9.43. The molecule has 0 fully saturated rings. The van der Waals surface area contributed by atoms with Crippen LogP contribution in [-0.4, -0.2) is 35.0 Å². The smallest absolute Gasteiger partial charge is 0.326 e. The van der Waals surface area contributed by atoms with Gasteiger partial charge < -0.3 is 15.7 Å². The number of carbonyl (C=O) groups excluding carboxylic acids is 2. The molecule has 0 unspecified atom stereocenters. The Morgan fingerprint density at radius 3 is 2.14 bits per heavy atom. The molecule has 3 N–H and O–H groups in total. The van der Waals surface area contributed by atoms with Gasteiger partial charge in [0.25, 0.3) is 0 Å². The van der Waals surface area contributed by atoms with E-state index in [4.69, 9.17) is 0 Å². The molecule has 6 heteroatoms. The van der Waals surface area contributed by atoms with E-state index in [0.29, 0.717) is 12.8 Å². The van der Waals surface area contributed by atoms with Crippen LogP contribution < -0.4 is 10.6 Å². The van der Waals surface area contributed by atoms with Gasteiger partial charge in [-0.2, -0.15) is 0 Å². The molecule has 1 aliphatic heterocycles. The molecule has 0 saturated heterocycles. The third kappa shape index (κ3) is 4.97. The van der Waals surface area contributed by atoms with Crippen LogP contribution in [0, 0.1) is 0 Å². The molecule has 1 heterocycles. The average molecular weight is 380 g/mol. The summed E-state index contributed by atoms with van der Waals surface area (Å²) in [6.07, 6.45) is 1.60. The second kappa shape index (κ2) is 8.69. The number of hydrogen-bond acceptors (Lipinski definition) is 3. The van der Waals surface area contributed by atoms with Crippen LogP contribution in [0.3, 0.4) is 0 Å². The molecule has 2 amide bonds. The number of amides is 2. The fourth-order valence-corrected chi connectivity index (χ4v) is 3.31. The van der Waals surface area contributed by atoms with E-state index in [-0.39, 0.29) is 18.7 Å². The number of fused-ring (bicyclic) bond motifs is 5. The Kier molecular flexibility index (Phi) is 6.09. The van der Waals surface area contributed by atoms with Crippen LogP contribution in [-0.2, 0) is 27.2 Å². The Labute approximate surface area is 164 Å². The molecule has 0 aromatic heterocycles. The fraction of sp³-hybridized carbons (Fsp3) is 0.318. The Bertz CT molecular complexity index is 894. The van der Waals surface area contributed by atoms with Crippen LogP contribution >= 0.6 is 0 Å².